The van der Waals surface area contributed by atoms with Crippen LogP contribution in [-0.4, -0.2) is 19.0 Å². The van der Waals surface area contributed by atoms with Crippen molar-refractivity contribution >= 4 is 5.78 Å². The van der Waals surface area contributed by atoms with E-state index >= 15 is 0 Å². The van der Waals surface area contributed by atoms with E-state index in [9.17, 15) is 4.79 Å². The van der Waals surface area contributed by atoms with E-state index in [2.05, 4.69) is 6.92 Å². The minimum atomic E-state index is -0.0926. The summed E-state index contributed by atoms with van der Waals surface area (Å²) in [6, 6.07) is 0. The number of ketones is 1. The van der Waals surface area contributed by atoms with Crippen molar-refractivity contribution in [3.63, 3.8) is 0 Å². The third-order valence-corrected chi connectivity index (χ3v) is 2.29. The average Bonchev–Trinajstić information content (AvgIpc) is 2.30. The molecule has 2 atom stereocenters. The maximum Gasteiger partial charge on any atom is 0.161 e. The van der Waals surface area contributed by atoms with Crippen LogP contribution in [0.4, 0.5) is 0 Å². The van der Waals surface area contributed by atoms with Gasteiger partial charge in [-0.3, -0.25) is 4.79 Å². The molecule has 0 aliphatic heterocycles. The fraction of sp³-hybridized carbons (Fsp3) is 0.875. The van der Waals surface area contributed by atoms with E-state index in [1.807, 2.05) is 0 Å². The molecular formula is C8H14O2. The lowest BCUT2D eigenvalue weighted by atomic mass is 10.0. The highest BCUT2D eigenvalue weighted by Crippen LogP contribution is 2.27. The van der Waals surface area contributed by atoms with E-state index in [0.717, 1.165) is 19.3 Å². The summed E-state index contributed by atoms with van der Waals surface area (Å²) in [5.41, 5.74) is 0. The van der Waals surface area contributed by atoms with Gasteiger partial charge in [-0.1, -0.05) is 13.3 Å². The third-order valence-electron chi connectivity index (χ3n) is 2.29. The van der Waals surface area contributed by atoms with Crippen molar-refractivity contribution in [2.45, 2.75) is 32.3 Å². The Kier molecular flexibility index (Phi) is 2.44. The topological polar surface area (TPSA) is 26.3 Å². The molecule has 0 bridgehead atoms. The molecule has 0 spiro atoms. The molecule has 1 saturated carbocycles. The lowest BCUT2D eigenvalue weighted by Crippen LogP contribution is -2.22. The summed E-state index contributed by atoms with van der Waals surface area (Å²) in [4.78, 5) is 11.0. The number of Topliss-reactive ketones (excluding diaryl/α,β-unsaturated/α-hetero) is 1. The fourth-order valence-corrected chi connectivity index (χ4v) is 1.63. The van der Waals surface area contributed by atoms with Gasteiger partial charge in [-0.25, -0.2) is 0 Å². The van der Waals surface area contributed by atoms with Gasteiger partial charge in [0.25, 0.3) is 0 Å². The number of carbonyl (C=O) groups is 1. The number of hydrogen-bond acceptors (Lipinski definition) is 2. The van der Waals surface area contributed by atoms with Crippen molar-refractivity contribution in [1.82, 2.24) is 0 Å². The van der Waals surface area contributed by atoms with Crippen molar-refractivity contribution in [3.8, 4) is 0 Å². The SMILES string of the molecule is CCC1CCC(=O)C1OC. The molecule has 2 nitrogen and oxygen atoms in total. The van der Waals surface area contributed by atoms with Gasteiger partial charge in [0.1, 0.15) is 6.10 Å². The first-order valence-corrected chi connectivity index (χ1v) is 3.85. The second-order valence-corrected chi connectivity index (χ2v) is 2.83. The molecule has 2 unspecified atom stereocenters. The van der Waals surface area contributed by atoms with Gasteiger partial charge in [-0.15, -0.1) is 0 Å². The van der Waals surface area contributed by atoms with Gasteiger partial charge >= 0.3 is 0 Å². The Morgan fingerprint density at radius 2 is 2.40 bits per heavy atom. The van der Waals surface area contributed by atoms with Gasteiger partial charge < -0.3 is 4.74 Å². The first-order valence-electron chi connectivity index (χ1n) is 3.85. The van der Waals surface area contributed by atoms with Crippen LogP contribution in [0.5, 0.6) is 0 Å². The zero-order valence-electron chi connectivity index (χ0n) is 6.59. The standard InChI is InChI=1S/C8H14O2/c1-3-6-4-5-7(9)8(6)10-2/h6,8H,3-5H2,1-2H3. The van der Waals surface area contributed by atoms with Gasteiger partial charge in [0.15, 0.2) is 5.78 Å². The lowest BCUT2D eigenvalue weighted by molar-refractivity contribution is -0.127. The first kappa shape index (κ1) is 7.73. The van der Waals surface area contributed by atoms with E-state index in [1.165, 1.54) is 0 Å². The third kappa shape index (κ3) is 1.21. The number of hydrogen-bond donors (Lipinski definition) is 0. The molecule has 0 heterocycles. The van der Waals surface area contributed by atoms with Gasteiger partial charge in [0.05, 0.1) is 0 Å². The van der Waals surface area contributed by atoms with E-state index in [0.29, 0.717) is 5.92 Å². The van der Waals surface area contributed by atoms with Gasteiger partial charge in [-0.05, 0) is 12.3 Å². The molecule has 0 amide bonds. The monoisotopic (exact) mass is 142 g/mol. The Hall–Kier alpha value is -0.370. The first-order chi connectivity index (χ1) is 4.79. The summed E-state index contributed by atoms with van der Waals surface area (Å²) in [6.45, 7) is 2.11. The Morgan fingerprint density at radius 3 is 2.80 bits per heavy atom. The Morgan fingerprint density at radius 1 is 1.70 bits per heavy atom. The Balaban J connectivity index is 2.54. The number of rotatable bonds is 2. The van der Waals surface area contributed by atoms with Gasteiger partial charge in [0, 0.05) is 13.5 Å². The highest BCUT2D eigenvalue weighted by molar-refractivity contribution is 5.85. The van der Waals surface area contributed by atoms with Crippen molar-refractivity contribution in [2.75, 3.05) is 7.11 Å². The van der Waals surface area contributed by atoms with Crippen LogP contribution in [0.15, 0.2) is 0 Å². The molecule has 0 saturated heterocycles. The average molecular weight is 142 g/mol. The molecule has 1 fully saturated rings. The van der Waals surface area contributed by atoms with E-state index < -0.39 is 0 Å². The molecule has 1 aliphatic rings. The van der Waals surface area contributed by atoms with Crippen molar-refractivity contribution in [3.05, 3.63) is 0 Å². The van der Waals surface area contributed by atoms with E-state index in [-0.39, 0.29) is 11.9 Å². The second kappa shape index (κ2) is 3.15. The van der Waals surface area contributed by atoms with Crippen LogP contribution in [0.3, 0.4) is 0 Å². The van der Waals surface area contributed by atoms with Gasteiger partial charge in [0.2, 0.25) is 0 Å². The molecule has 0 radical (unpaired) electrons. The summed E-state index contributed by atoms with van der Waals surface area (Å²) in [6.07, 6.45) is 2.71. The highest BCUT2D eigenvalue weighted by atomic mass is 16.5. The molecule has 1 aliphatic carbocycles. The van der Waals surface area contributed by atoms with E-state index in [4.69, 9.17) is 4.74 Å². The van der Waals surface area contributed by atoms with Crippen LogP contribution in [0, 0.1) is 5.92 Å². The van der Waals surface area contributed by atoms with Gasteiger partial charge in [-0.2, -0.15) is 0 Å². The van der Waals surface area contributed by atoms with Crippen LogP contribution < -0.4 is 0 Å². The maximum atomic E-state index is 11.0. The Bertz CT molecular complexity index is 131. The largest absolute Gasteiger partial charge is 0.373 e. The quantitative estimate of drug-likeness (QED) is 0.582. The van der Waals surface area contributed by atoms with Crippen LogP contribution in [0.2, 0.25) is 0 Å². The maximum absolute atomic E-state index is 11.0. The van der Waals surface area contributed by atoms with Crippen molar-refractivity contribution < 1.29 is 9.53 Å². The Labute approximate surface area is 61.6 Å². The molecular weight excluding hydrogens is 128 g/mol. The lowest BCUT2D eigenvalue weighted by Gasteiger charge is -2.13. The van der Waals surface area contributed by atoms with E-state index in [1.54, 1.807) is 7.11 Å². The number of methoxy groups -OCH3 is 1. The van der Waals surface area contributed by atoms with Crippen LogP contribution in [0.1, 0.15) is 26.2 Å². The number of carbonyl (C=O) groups excluding carboxylic acids is 1. The summed E-state index contributed by atoms with van der Waals surface area (Å²) in [5.74, 6) is 0.770. The van der Waals surface area contributed by atoms with Crippen molar-refractivity contribution in [1.29, 1.82) is 0 Å². The summed E-state index contributed by atoms with van der Waals surface area (Å²) in [5, 5.41) is 0. The molecule has 0 N–H and O–H groups in total. The predicted molar refractivity (Wildman–Crippen MR) is 38.8 cm³/mol. The van der Waals surface area contributed by atoms with Crippen LogP contribution >= 0.6 is 0 Å². The smallest absolute Gasteiger partial charge is 0.161 e. The fourth-order valence-electron chi connectivity index (χ4n) is 1.63. The van der Waals surface area contributed by atoms with Crippen LogP contribution in [0.25, 0.3) is 0 Å². The number of ether oxygens (including phenoxy) is 1. The zero-order chi connectivity index (χ0) is 7.56. The zero-order valence-corrected chi connectivity index (χ0v) is 6.59. The minimum absolute atomic E-state index is 0.0926. The molecule has 58 valence electrons. The summed E-state index contributed by atoms with van der Waals surface area (Å²) >= 11 is 0. The second-order valence-electron chi connectivity index (χ2n) is 2.83. The normalized spacial score (nSPS) is 33.2. The highest BCUT2D eigenvalue weighted by Gasteiger charge is 2.32. The summed E-state index contributed by atoms with van der Waals surface area (Å²) < 4.78 is 5.08. The van der Waals surface area contributed by atoms with Crippen molar-refractivity contribution in [2.24, 2.45) is 5.92 Å². The molecule has 10 heavy (non-hydrogen) atoms. The van der Waals surface area contributed by atoms with Crippen LogP contribution in [-0.2, 0) is 9.53 Å². The molecule has 0 aromatic rings. The minimum Gasteiger partial charge on any atom is -0.373 e. The molecule has 0 aromatic carbocycles. The molecule has 1 rings (SSSR count). The molecule has 0 aromatic heterocycles. The summed E-state index contributed by atoms with van der Waals surface area (Å²) in [7, 11) is 1.62. The molecule has 2 heteroatoms. The predicted octanol–water partition coefficient (Wildman–Crippen LogP) is 1.39.